The van der Waals surface area contributed by atoms with E-state index in [0.717, 1.165) is 37.9 Å². The van der Waals surface area contributed by atoms with E-state index in [1.807, 2.05) is 17.9 Å². The fourth-order valence-electron chi connectivity index (χ4n) is 5.02. The van der Waals surface area contributed by atoms with Gasteiger partial charge in [-0.05, 0) is 81.0 Å². The second-order valence-electron chi connectivity index (χ2n) is 9.83. The molecular weight excluding hydrogens is 543 g/mol. The SMILES string of the molecule is Cc1cc(OCC2(CC(=O)N3CCCCC3)CCCN(S(=O)(=O)c3ccc(Cl)cc3Cl)C2)ccc1Cl. The molecule has 2 saturated heterocycles. The smallest absolute Gasteiger partial charge is 0.244 e. The van der Waals surface area contributed by atoms with Crippen molar-refractivity contribution < 1.29 is 17.9 Å². The molecule has 2 aromatic rings. The number of rotatable bonds is 7. The summed E-state index contributed by atoms with van der Waals surface area (Å²) in [6.07, 6.45) is 4.63. The van der Waals surface area contributed by atoms with E-state index >= 15 is 0 Å². The van der Waals surface area contributed by atoms with Crippen LogP contribution in [0.15, 0.2) is 41.3 Å². The predicted octanol–water partition coefficient (Wildman–Crippen LogP) is 6.21. The number of amides is 1. The average molecular weight is 574 g/mol. The lowest BCUT2D eigenvalue weighted by Gasteiger charge is -2.42. The highest BCUT2D eigenvalue weighted by Gasteiger charge is 2.43. The Bertz CT molecular complexity index is 1220. The Morgan fingerprint density at radius 3 is 2.42 bits per heavy atom. The fraction of sp³-hybridized carbons (Fsp3) is 0.500. The molecule has 10 heteroatoms. The minimum absolute atomic E-state index is 0.0148. The van der Waals surface area contributed by atoms with Gasteiger partial charge in [0.15, 0.2) is 0 Å². The van der Waals surface area contributed by atoms with Crippen LogP contribution in [0.5, 0.6) is 5.75 Å². The molecule has 2 aliphatic heterocycles. The number of hydrogen-bond donors (Lipinski definition) is 0. The molecule has 2 aromatic carbocycles. The van der Waals surface area contributed by atoms with Gasteiger partial charge in [-0.15, -0.1) is 0 Å². The molecule has 196 valence electrons. The number of aryl methyl sites for hydroxylation is 1. The van der Waals surface area contributed by atoms with Crippen LogP contribution in [0.3, 0.4) is 0 Å². The number of nitrogens with zero attached hydrogens (tertiary/aromatic N) is 2. The van der Waals surface area contributed by atoms with Crippen LogP contribution >= 0.6 is 34.8 Å². The third-order valence-electron chi connectivity index (χ3n) is 7.05. The summed E-state index contributed by atoms with van der Waals surface area (Å²) in [6.45, 7) is 4.12. The van der Waals surface area contributed by atoms with Crippen molar-refractivity contribution in [2.24, 2.45) is 5.41 Å². The lowest BCUT2D eigenvalue weighted by Crippen LogP contribution is -2.51. The van der Waals surface area contributed by atoms with Crippen LogP contribution in [0.25, 0.3) is 0 Å². The molecule has 0 saturated carbocycles. The predicted molar refractivity (Wildman–Crippen MR) is 144 cm³/mol. The summed E-state index contributed by atoms with van der Waals surface area (Å²) in [5.41, 5.74) is 0.213. The van der Waals surface area contributed by atoms with Crippen molar-refractivity contribution in [1.29, 1.82) is 0 Å². The molecule has 0 radical (unpaired) electrons. The topological polar surface area (TPSA) is 66.9 Å². The molecule has 0 spiro atoms. The number of benzene rings is 2. The molecule has 6 nitrogen and oxygen atoms in total. The monoisotopic (exact) mass is 572 g/mol. The molecule has 1 amide bonds. The maximum Gasteiger partial charge on any atom is 0.244 e. The van der Waals surface area contributed by atoms with E-state index in [4.69, 9.17) is 39.5 Å². The van der Waals surface area contributed by atoms with Crippen molar-refractivity contribution in [2.45, 2.75) is 50.3 Å². The van der Waals surface area contributed by atoms with Crippen molar-refractivity contribution in [3.05, 3.63) is 57.0 Å². The van der Waals surface area contributed by atoms with Crippen LogP contribution < -0.4 is 4.74 Å². The van der Waals surface area contributed by atoms with Crippen molar-refractivity contribution >= 4 is 50.7 Å². The number of carbonyl (C=O) groups is 1. The zero-order chi connectivity index (χ0) is 25.9. The van der Waals surface area contributed by atoms with Crippen LogP contribution in [-0.4, -0.2) is 56.3 Å². The zero-order valence-corrected chi connectivity index (χ0v) is 23.4. The van der Waals surface area contributed by atoms with Gasteiger partial charge in [-0.1, -0.05) is 34.8 Å². The van der Waals surface area contributed by atoms with Gasteiger partial charge in [0.05, 0.1) is 11.6 Å². The van der Waals surface area contributed by atoms with Crippen LogP contribution in [0, 0.1) is 12.3 Å². The van der Waals surface area contributed by atoms with E-state index in [2.05, 4.69) is 0 Å². The molecule has 1 unspecified atom stereocenters. The molecule has 0 bridgehead atoms. The van der Waals surface area contributed by atoms with Crippen molar-refractivity contribution in [3.8, 4) is 5.75 Å². The van der Waals surface area contributed by atoms with E-state index in [1.54, 1.807) is 12.1 Å². The minimum Gasteiger partial charge on any atom is -0.493 e. The first kappa shape index (κ1) is 27.5. The zero-order valence-electron chi connectivity index (χ0n) is 20.3. The van der Waals surface area contributed by atoms with Crippen molar-refractivity contribution in [1.82, 2.24) is 9.21 Å². The highest BCUT2D eigenvalue weighted by molar-refractivity contribution is 7.89. The summed E-state index contributed by atoms with van der Waals surface area (Å²) >= 11 is 18.4. The number of sulfonamides is 1. The lowest BCUT2D eigenvalue weighted by molar-refractivity contribution is -0.136. The molecule has 36 heavy (non-hydrogen) atoms. The van der Waals surface area contributed by atoms with E-state index in [9.17, 15) is 13.2 Å². The van der Waals surface area contributed by atoms with Gasteiger partial charge in [-0.3, -0.25) is 4.79 Å². The maximum atomic E-state index is 13.6. The highest BCUT2D eigenvalue weighted by Crippen LogP contribution is 2.39. The van der Waals surface area contributed by atoms with Gasteiger partial charge in [0, 0.05) is 48.1 Å². The van der Waals surface area contributed by atoms with Crippen LogP contribution in [-0.2, 0) is 14.8 Å². The summed E-state index contributed by atoms with van der Waals surface area (Å²) in [5.74, 6) is 0.691. The standard InChI is InChI=1S/C26H31Cl3N2O4S/c1-19-14-21(7-8-22(19)28)35-18-26(16-25(32)30-11-3-2-4-12-30)10-5-13-31(17-26)36(33,34)24-9-6-20(27)15-23(24)29/h6-9,14-15H,2-5,10-13,16-18H2,1H3. The lowest BCUT2D eigenvalue weighted by atomic mass is 9.78. The van der Waals surface area contributed by atoms with Gasteiger partial charge in [0.25, 0.3) is 0 Å². The largest absolute Gasteiger partial charge is 0.493 e. The Kier molecular flexibility index (Phi) is 8.78. The van der Waals surface area contributed by atoms with E-state index in [0.29, 0.717) is 35.2 Å². The summed E-state index contributed by atoms with van der Waals surface area (Å²) in [5, 5.41) is 1.09. The van der Waals surface area contributed by atoms with Gasteiger partial charge in [0.2, 0.25) is 15.9 Å². The second kappa shape index (κ2) is 11.5. The third kappa shape index (κ3) is 6.30. The van der Waals surface area contributed by atoms with E-state index in [-0.39, 0.29) is 35.4 Å². The fourth-order valence-corrected chi connectivity index (χ4v) is 7.48. The van der Waals surface area contributed by atoms with E-state index in [1.165, 1.54) is 22.5 Å². The average Bonchev–Trinajstić information content (AvgIpc) is 2.85. The number of likely N-dealkylation sites (tertiary alicyclic amines) is 1. The summed E-state index contributed by atoms with van der Waals surface area (Å²) in [6, 6.07) is 9.80. The maximum absolute atomic E-state index is 13.6. The molecule has 2 heterocycles. The van der Waals surface area contributed by atoms with Gasteiger partial charge >= 0.3 is 0 Å². The number of piperidine rings is 2. The summed E-state index contributed by atoms with van der Waals surface area (Å²) in [4.78, 5) is 15.3. The first-order chi connectivity index (χ1) is 17.1. The van der Waals surface area contributed by atoms with Gasteiger partial charge in [-0.2, -0.15) is 4.31 Å². The van der Waals surface area contributed by atoms with Gasteiger partial charge in [-0.25, -0.2) is 8.42 Å². The Labute approximate surface area is 228 Å². The Morgan fingerprint density at radius 1 is 0.972 bits per heavy atom. The molecule has 2 fully saturated rings. The number of carbonyl (C=O) groups excluding carboxylic acids is 1. The van der Waals surface area contributed by atoms with Crippen molar-refractivity contribution in [2.75, 3.05) is 32.8 Å². The molecule has 0 N–H and O–H groups in total. The second-order valence-corrected chi connectivity index (χ2v) is 13.0. The summed E-state index contributed by atoms with van der Waals surface area (Å²) < 4.78 is 34.8. The summed E-state index contributed by atoms with van der Waals surface area (Å²) in [7, 11) is -3.89. The Balaban J connectivity index is 1.60. The molecule has 0 aromatic heterocycles. The molecule has 4 rings (SSSR count). The van der Waals surface area contributed by atoms with Gasteiger partial charge in [0.1, 0.15) is 10.6 Å². The quantitative estimate of drug-likeness (QED) is 0.395. The Hall–Kier alpha value is -1.51. The number of ether oxygens (including phenoxy) is 1. The minimum atomic E-state index is -3.89. The third-order valence-corrected chi connectivity index (χ3v) is 10.0. The van der Waals surface area contributed by atoms with E-state index < -0.39 is 15.4 Å². The van der Waals surface area contributed by atoms with Crippen molar-refractivity contribution in [3.63, 3.8) is 0 Å². The number of halogens is 3. The van der Waals surface area contributed by atoms with Crippen LogP contribution in [0.1, 0.15) is 44.1 Å². The molecule has 2 aliphatic rings. The molecule has 0 aliphatic carbocycles. The normalized spacial score (nSPS) is 21.4. The Morgan fingerprint density at radius 2 is 1.72 bits per heavy atom. The van der Waals surface area contributed by atoms with Gasteiger partial charge < -0.3 is 9.64 Å². The van der Waals surface area contributed by atoms with Crippen LogP contribution in [0.2, 0.25) is 15.1 Å². The number of hydrogen-bond acceptors (Lipinski definition) is 4. The highest BCUT2D eigenvalue weighted by atomic mass is 35.5. The molecule has 1 atom stereocenters. The molecular formula is C26H31Cl3N2O4S. The first-order valence-electron chi connectivity index (χ1n) is 12.2. The van der Waals surface area contributed by atoms with Crippen LogP contribution in [0.4, 0.5) is 0 Å². The first-order valence-corrected chi connectivity index (χ1v) is 14.8.